The molecule has 0 aromatic carbocycles. The fraction of sp³-hybridized carbons (Fsp3) is 0.667. The van der Waals surface area contributed by atoms with Crippen molar-refractivity contribution in [2.75, 3.05) is 13.6 Å². The number of nitrogens with zero attached hydrogens (tertiary/aromatic N) is 2. The normalized spacial score (nSPS) is 21.0. The highest BCUT2D eigenvalue weighted by molar-refractivity contribution is 7.09. The van der Waals surface area contributed by atoms with Gasteiger partial charge in [-0.1, -0.05) is 13.0 Å². The second-order valence-corrected chi connectivity index (χ2v) is 8.39. The van der Waals surface area contributed by atoms with Crippen molar-refractivity contribution in [2.24, 2.45) is 0 Å². The van der Waals surface area contributed by atoms with Crippen molar-refractivity contribution in [3.8, 4) is 0 Å². The molecule has 2 amide bonds. The Balaban J connectivity index is 2.18. The van der Waals surface area contributed by atoms with Gasteiger partial charge in [0.1, 0.15) is 11.1 Å². The zero-order valence-electron chi connectivity index (χ0n) is 15.3. The van der Waals surface area contributed by atoms with Gasteiger partial charge in [0.2, 0.25) is 5.91 Å². The number of ether oxygens (including phenoxy) is 1. The number of thiophene rings is 1. The molecule has 1 aliphatic rings. The topological polar surface area (TPSA) is 49.9 Å². The first-order valence-corrected chi connectivity index (χ1v) is 9.36. The average molecular weight is 353 g/mol. The molecule has 0 N–H and O–H groups in total. The fourth-order valence-electron chi connectivity index (χ4n) is 3.27. The van der Waals surface area contributed by atoms with Gasteiger partial charge in [0.25, 0.3) is 0 Å². The molecular weight excluding hydrogens is 324 g/mol. The maximum atomic E-state index is 13.2. The lowest BCUT2D eigenvalue weighted by atomic mass is 9.91. The van der Waals surface area contributed by atoms with Crippen LogP contribution >= 0.6 is 11.3 Å². The van der Waals surface area contributed by atoms with Crippen molar-refractivity contribution >= 4 is 23.3 Å². The minimum atomic E-state index is -0.783. The summed E-state index contributed by atoms with van der Waals surface area (Å²) < 4.78 is 5.53. The number of likely N-dealkylation sites (N-methyl/N-ethyl adjacent to an activating group) is 1. The van der Waals surface area contributed by atoms with Gasteiger partial charge >= 0.3 is 6.09 Å². The third-order valence-corrected chi connectivity index (χ3v) is 5.27. The summed E-state index contributed by atoms with van der Waals surface area (Å²) in [6, 6.07) is 4.00. The van der Waals surface area contributed by atoms with Gasteiger partial charge in [-0.2, -0.15) is 0 Å². The van der Waals surface area contributed by atoms with E-state index in [9.17, 15) is 9.59 Å². The van der Waals surface area contributed by atoms with E-state index in [4.69, 9.17) is 4.74 Å². The van der Waals surface area contributed by atoms with Crippen LogP contribution in [0.25, 0.3) is 0 Å². The van der Waals surface area contributed by atoms with Gasteiger partial charge in [-0.05, 0) is 51.5 Å². The Morgan fingerprint density at radius 1 is 1.42 bits per heavy atom. The van der Waals surface area contributed by atoms with Crippen LogP contribution in [0.3, 0.4) is 0 Å². The maximum Gasteiger partial charge on any atom is 0.411 e. The molecule has 1 fully saturated rings. The van der Waals surface area contributed by atoms with E-state index in [1.54, 1.807) is 21.1 Å². The Labute approximate surface area is 148 Å². The van der Waals surface area contributed by atoms with Crippen LogP contribution in [-0.4, -0.2) is 46.5 Å². The number of carbonyl (C=O) groups excluding carboxylic acids is 2. The zero-order chi connectivity index (χ0) is 18.0. The summed E-state index contributed by atoms with van der Waals surface area (Å²) in [5, 5.41) is 2.01. The maximum absolute atomic E-state index is 13.2. The van der Waals surface area contributed by atoms with Crippen LogP contribution in [0.1, 0.15) is 51.8 Å². The van der Waals surface area contributed by atoms with Crippen molar-refractivity contribution < 1.29 is 14.3 Å². The monoisotopic (exact) mass is 352 g/mol. The van der Waals surface area contributed by atoms with E-state index in [1.807, 2.05) is 52.3 Å². The predicted octanol–water partition coefficient (Wildman–Crippen LogP) is 3.89. The summed E-state index contributed by atoms with van der Waals surface area (Å²) in [4.78, 5) is 30.3. The van der Waals surface area contributed by atoms with Gasteiger partial charge < -0.3 is 9.64 Å². The van der Waals surface area contributed by atoms with Gasteiger partial charge in [0, 0.05) is 18.5 Å². The number of hydrogen-bond acceptors (Lipinski definition) is 4. The van der Waals surface area contributed by atoms with Crippen LogP contribution in [0.15, 0.2) is 17.5 Å². The Morgan fingerprint density at radius 2 is 2.12 bits per heavy atom. The number of rotatable bonds is 4. The number of likely N-dealkylation sites (tertiary alicyclic amines) is 1. The average Bonchev–Trinajstić information content (AvgIpc) is 3.13. The molecule has 134 valence electrons. The molecule has 0 radical (unpaired) electrons. The minimum absolute atomic E-state index is 0.00163. The minimum Gasteiger partial charge on any atom is -0.444 e. The molecule has 1 saturated heterocycles. The standard InChI is InChI=1S/C18H28N2O3S/c1-6-18(15(21)19(5)13-14-9-7-12-24-14)10-8-11-20(18)16(22)23-17(2,3)4/h7,9,12H,6,8,10-11,13H2,1-5H3/t18-/m0/s1. The first-order chi connectivity index (χ1) is 11.2. The van der Waals surface area contributed by atoms with Gasteiger partial charge in [0.05, 0.1) is 6.54 Å². The molecule has 2 heterocycles. The number of carbonyl (C=O) groups is 2. The molecule has 5 nitrogen and oxygen atoms in total. The number of amides is 2. The SMILES string of the molecule is CC[C@@]1(C(=O)N(C)Cc2cccs2)CCCN1C(=O)OC(C)(C)C. The summed E-state index contributed by atoms with van der Waals surface area (Å²) in [5.41, 5.74) is -1.35. The van der Waals surface area contributed by atoms with Crippen molar-refractivity contribution in [1.29, 1.82) is 0 Å². The molecule has 0 aliphatic carbocycles. The predicted molar refractivity (Wildman–Crippen MR) is 96.0 cm³/mol. The van der Waals surface area contributed by atoms with E-state index in [1.165, 1.54) is 0 Å². The quantitative estimate of drug-likeness (QED) is 0.826. The second-order valence-electron chi connectivity index (χ2n) is 7.36. The molecule has 1 aliphatic heterocycles. The molecule has 24 heavy (non-hydrogen) atoms. The van der Waals surface area contributed by atoms with Crippen LogP contribution in [-0.2, 0) is 16.1 Å². The van der Waals surface area contributed by atoms with Crippen LogP contribution < -0.4 is 0 Å². The Morgan fingerprint density at radius 3 is 2.67 bits per heavy atom. The van der Waals surface area contributed by atoms with E-state index in [-0.39, 0.29) is 12.0 Å². The molecule has 0 spiro atoms. The van der Waals surface area contributed by atoms with Gasteiger partial charge in [0.15, 0.2) is 0 Å². The number of hydrogen-bond donors (Lipinski definition) is 0. The van der Waals surface area contributed by atoms with E-state index in [0.29, 0.717) is 25.9 Å². The molecule has 0 bridgehead atoms. The Hall–Kier alpha value is -1.56. The van der Waals surface area contributed by atoms with E-state index in [2.05, 4.69) is 0 Å². The van der Waals surface area contributed by atoms with Gasteiger partial charge in [-0.3, -0.25) is 9.69 Å². The summed E-state index contributed by atoms with van der Waals surface area (Å²) in [5.74, 6) is 0.00163. The second kappa shape index (κ2) is 7.13. The highest BCUT2D eigenvalue weighted by Gasteiger charge is 2.50. The molecule has 1 aromatic heterocycles. The van der Waals surface area contributed by atoms with Crippen molar-refractivity contribution in [3.63, 3.8) is 0 Å². The molecule has 6 heteroatoms. The highest BCUT2D eigenvalue weighted by atomic mass is 32.1. The van der Waals surface area contributed by atoms with Gasteiger partial charge in [-0.15, -0.1) is 11.3 Å². The smallest absolute Gasteiger partial charge is 0.411 e. The first-order valence-electron chi connectivity index (χ1n) is 8.48. The van der Waals surface area contributed by atoms with Crippen molar-refractivity contribution in [1.82, 2.24) is 9.80 Å². The summed E-state index contributed by atoms with van der Waals surface area (Å²) in [6.07, 6.45) is 1.72. The molecule has 2 rings (SSSR count). The molecule has 1 atom stereocenters. The Kier molecular flexibility index (Phi) is 5.58. The first kappa shape index (κ1) is 18.8. The molecule has 0 unspecified atom stereocenters. The summed E-state index contributed by atoms with van der Waals surface area (Å²) in [7, 11) is 1.81. The zero-order valence-corrected chi connectivity index (χ0v) is 16.1. The van der Waals surface area contributed by atoms with Crippen molar-refractivity contribution in [2.45, 2.75) is 64.6 Å². The van der Waals surface area contributed by atoms with Gasteiger partial charge in [-0.25, -0.2) is 4.79 Å². The van der Waals surface area contributed by atoms with E-state index >= 15 is 0 Å². The third kappa shape index (κ3) is 3.91. The van der Waals surface area contributed by atoms with Crippen LogP contribution in [0.4, 0.5) is 4.79 Å². The molecule has 1 aromatic rings. The third-order valence-electron chi connectivity index (χ3n) is 4.41. The van der Waals surface area contributed by atoms with Crippen LogP contribution in [0.5, 0.6) is 0 Å². The van der Waals surface area contributed by atoms with E-state index in [0.717, 1.165) is 11.3 Å². The summed E-state index contributed by atoms with van der Waals surface area (Å²) >= 11 is 1.63. The largest absolute Gasteiger partial charge is 0.444 e. The summed E-state index contributed by atoms with van der Waals surface area (Å²) in [6.45, 7) is 8.65. The highest BCUT2D eigenvalue weighted by Crippen LogP contribution is 2.35. The van der Waals surface area contributed by atoms with Crippen LogP contribution in [0.2, 0.25) is 0 Å². The fourth-order valence-corrected chi connectivity index (χ4v) is 4.02. The van der Waals surface area contributed by atoms with Crippen LogP contribution in [0, 0.1) is 0 Å². The lowest BCUT2D eigenvalue weighted by molar-refractivity contribution is -0.142. The van der Waals surface area contributed by atoms with E-state index < -0.39 is 11.1 Å². The molecular formula is C18H28N2O3S. The van der Waals surface area contributed by atoms with Crippen molar-refractivity contribution in [3.05, 3.63) is 22.4 Å². The lowest BCUT2D eigenvalue weighted by Gasteiger charge is -2.39. The Bertz CT molecular complexity index is 580. The lowest BCUT2D eigenvalue weighted by Crippen LogP contribution is -2.57. The molecule has 0 saturated carbocycles.